The van der Waals surface area contributed by atoms with Crippen LogP contribution in [0.2, 0.25) is 0 Å². The van der Waals surface area contributed by atoms with Crippen molar-refractivity contribution < 1.29 is 9.84 Å². The number of hydrogen-bond acceptors (Lipinski definition) is 4. The van der Waals surface area contributed by atoms with Crippen LogP contribution in [-0.2, 0) is 0 Å². The number of nitrogens with two attached hydrogens (primary N) is 1. The van der Waals surface area contributed by atoms with Crippen molar-refractivity contribution in [2.24, 2.45) is 10.7 Å². The van der Waals surface area contributed by atoms with Gasteiger partial charge in [0.2, 0.25) is 0 Å². The fourth-order valence-electron chi connectivity index (χ4n) is 3.38. The Bertz CT molecular complexity index is 737. The molecule has 2 aromatic rings. The average Bonchev–Trinajstić information content (AvgIpc) is 3.08. The number of hydrogen-bond donors (Lipinski definition) is 2. The average molecular weight is 338 g/mol. The quantitative estimate of drug-likeness (QED) is 0.688. The highest BCUT2D eigenvalue weighted by Gasteiger charge is 2.30. The van der Waals surface area contributed by atoms with Gasteiger partial charge < -0.3 is 15.6 Å². The lowest BCUT2D eigenvalue weighted by Gasteiger charge is -2.27. The third-order valence-corrected chi connectivity index (χ3v) is 4.66. The Hall–Kier alpha value is -2.17. The number of unbranched alkanes of at least 4 members (excludes halogenated alkanes) is 1. The molecule has 1 aliphatic rings. The van der Waals surface area contributed by atoms with Gasteiger partial charge in [-0.2, -0.15) is 0 Å². The molecule has 4 heteroatoms. The second kappa shape index (κ2) is 8.28. The number of fused-ring (bicyclic) bond motifs is 1. The molecule has 0 saturated heterocycles. The summed E-state index contributed by atoms with van der Waals surface area (Å²) in [5, 5.41) is 12.7. The Morgan fingerprint density at radius 2 is 1.96 bits per heavy atom. The Morgan fingerprint density at radius 1 is 1.12 bits per heavy atom. The first-order valence-corrected chi connectivity index (χ1v) is 8.94. The van der Waals surface area contributed by atoms with Gasteiger partial charge in [0, 0.05) is 18.0 Å². The lowest BCUT2D eigenvalue weighted by atomic mass is 9.88. The zero-order chi connectivity index (χ0) is 17.5. The van der Waals surface area contributed by atoms with Gasteiger partial charge in [-0.05, 0) is 43.3 Å². The Balaban J connectivity index is 1.61. The van der Waals surface area contributed by atoms with Crippen LogP contribution in [0.5, 0.6) is 5.75 Å². The number of aliphatic imine (C=N–C) groups is 1. The molecule has 4 nitrogen and oxygen atoms in total. The fraction of sp³-hybridized carbons (Fsp3) is 0.381. The standard InChI is InChI=1S/C21H26N2O2/c22-13-4-3-11-21(12-6-14-23-21)15-18(24)16-25-20-10-5-8-17-7-1-2-9-19(17)20/h1-2,5-10,12,14,18,24H,3-4,11,13,15-16,22H2. The third-order valence-electron chi connectivity index (χ3n) is 4.66. The van der Waals surface area contributed by atoms with E-state index >= 15 is 0 Å². The zero-order valence-electron chi connectivity index (χ0n) is 14.5. The molecule has 3 rings (SSSR count). The summed E-state index contributed by atoms with van der Waals surface area (Å²) in [4.78, 5) is 4.59. The van der Waals surface area contributed by atoms with E-state index < -0.39 is 6.10 Å². The molecule has 2 aromatic carbocycles. The van der Waals surface area contributed by atoms with Gasteiger partial charge in [0.05, 0.1) is 11.6 Å². The molecular weight excluding hydrogens is 312 g/mol. The van der Waals surface area contributed by atoms with Crippen LogP contribution in [0.3, 0.4) is 0 Å². The lowest BCUT2D eigenvalue weighted by Crippen LogP contribution is -2.31. The molecule has 132 valence electrons. The van der Waals surface area contributed by atoms with Crippen LogP contribution in [-0.4, -0.2) is 36.1 Å². The van der Waals surface area contributed by atoms with E-state index in [1.165, 1.54) is 0 Å². The van der Waals surface area contributed by atoms with Crippen molar-refractivity contribution in [2.45, 2.75) is 37.3 Å². The summed E-state index contributed by atoms with van der Waals surface area (Å²) in [5.74, 6) is 0.805. The van der Waals surface area contributed by atoms with Gasteiger partial charge in [0.25, 0.3) is 0 Å². The molecule has 0 aromatic heterocycles. The molecule has 2 unspecified atom stereocenters. The monoisotopic (exact) mass is 338 g/mol. The summed E-state index contributed by atoms with van der Waals surface area (Å²) in [6, 6.07) is 14.1. The maximum absolute atomic E-state index is 10.5. The zero-order valence-corrected chi connectivity index (χ0v) is 14.5. The van der Waals surface area contributed by atoms with E-state index in [9.17, 15) is 5.11 Å². The highest BCUT2D eigenvalue weighted by atomic mass is 16.5. The predicted molar refractivity (Wildman–Crippen MR) is 103 cm³/mol. The first-order valence-electron chi connectivity index (χ1n) is 8.94. The molecular formula is C21H26N2O2. The molecule has 25 heavy (non-hydrogen) atoms. The minimum Gasteiger partial charge on any atom is -0.490 e. The molecule has 0 saturated carbocycles. The molecule has 0 bridgehead atoms. The maximum Gasteiger partial charge on any atom is 0.127 e. The van der Waals surface area contributed by atoms with Crippen molar-refractivity contribution in [2.75, 3.05) is 13.2 Å². The maximum atomic E-state index is 10.5. The second-order valence-electron chi connectivity index (χ2n) is 6.63. The van der Waals surface area contributed by atoms with Gasteiger partial charge in [-0.1, -0.05) is 42.5 Å². The lowest BCUT2D eigenvalue weighted by molar-refractivity contribution is 0.0851. The summed E-state index contributed by atoms with van der Waals surface area (Å²) in [6.45, 7) is 0.951. The topological polar surface area (TPSA) is 67.8 Å². The molecule has 1 aliphatic heterocycles. The summed E-state index contributed by atoms with van der Waals surface area (Å²) < 4.78 is 5.92. The van der Waals surface area contributed by atoms with Gasteiger partial charge in [0.15, 0.2) is 0 Å². The normalized spacial score (nSPS) is 20.2. The van der Waals surface area contributed by atoms with Crippen molar-refractivity contribution in [1.29, 1.82) is 0 Å². The van der Waals surface area contributed by atoms with Crippen molar-refractivity contribution in [3.63, 3.8) is 0 Å². The van der Waals surface area contributed by atoms with E-state index in [1.54, 1.807) is 0 Å². The molecule has 2 atom stereocenters. The van der Waals surface area contributed by atoms with E-state index in [0.29, 0.717) is 13.0 Å². The van der Waals surface area contributed by atoms with E-state index in [2.05, 4.69) is 23.2 Å². The van der Waals surface area contributed by atoms with Gasteiger partial charge in [0.1, 0.15) is 12.4 Å². The molecule has 0 fully saturated rings. The van der Waals surface area contributed by atoms with Gasteiger partial charge in [-0.15, -0.1) is 0 Å². The first kappa shape index (κ1) is 17.6. The Labute approximate surface area is 149 Å². The second-order valence-corrected chi connectivity index (χ2v) is 6.63. The number of aliphatic hydroxyl groups is 1. The molecule has 0 aliphatic carbocycles. The third kappa shape index (κ3) is 4.47. The highest BCUT2D eigenvalue weighted by Crippen LogP contribution is 2.30. The minimum absolute atomic E-state index is 0.260. The van der Waals surface area contributed by atoms with Crippen LogP contribution in [0.25, 0.3) is 10.8 Å². The molecule has 0 radical (unpaired) electrons. The van der Waals surface area contributed by atoms with E-state index in [1.807, 2.05) is 42.6 Å². The van der Waals surface area contributed by atoms with Crippen LogP contribution in [0, 0.1) is 0 Å². The fourth-order valence-corrected chi connectivity index (χ4v) is 3.38. The molecule has 0 amide bonds. The number of rotatable bonds is 9. The minimum atomic E-state index is -0.572. The van der Waals surface area contributed by atoms with Crippen molar-refractivity contribution in [3.8, 4) is 5.75 Å². The number of aliphatic hydroxyl groups excluding tert-OH is 1. The highest BCUT2D eigenvalue weighted by molar-refractivity contribution is 5.88. The number of allylic oxidation sites excluding steroid dienone is 1. The summed E-state index contributed by atoms with van der Waals surface area (Å²) in [5.41, 5.74) is 5.28. The SMILES string of the molecule is NCCCCC1(CC(O)COc2cccc3ccccc23)C=CC=N1. The van der Waals surface area contributed by atoms with Gasteiger partial charge in [-0.3, -0.25) is 4.99 Å². The first-order chi connectivity index (χ1) is 12.2. The number of benzene rings is 2. The van der Waals surface area contributed by atoms with Crippen LogP contribution in [0.4, 0.5) is 0 Å². The summed E-state index contributed by atoms with van der Waals surface area (Å²) in [7, 11) is 0. The number of nitrogens with zero attached hydrogens (tertiary/aromatic N) is 1. The van der Waals surface area contributed by atoms with Crippen LogP contribution in [0.15, 0.2) is 59.6 Å². The largest absolute Gasteiger partial charge is 0.490 e. The predicted octanol–water partition coefficient (Wildman–Crippen LogP) is 3.48. The van der Waals surface area contributed by atoms with Crippen molar-refractivity contribution in [3.05, 3.63) is 54.6 Å². The van der Waals surface area contributed by atoms with E-state index in [-0.39, 0.29) is 12.1 Å². The van der Waals surface area contributed by atoms with Crippen LogP contribution < -0.4 is 10.5 Å². The summed E-state index contributed by atoms with van der Waals surface area (Å²) in [6.07, 6.45) is 8.75. The molecule has 1 heterocycles. The van der Waals surface area contributed by atoms with Gasteiger partial charge in [-0.25, -0.2) is 0 Å². The van der Waals surface area contributed by atoms with Crippen LogP contribution >= 0.6 is 0 Å². The Morgan fingerprint density at radius 3 is 2.76 bits per heavy atom. The van der Waals surface area contributed by atoms with Gasteiger partial charge >= 0.3 is 0 Å². The van der Waals surface area contributed by atoms with Crippen molar-refractivity contribution in [1.82, 2.24) is 0 Å². The Kier molecular flexibility index (Phi) is 5.84. The number of ether oxygens (including phenoxy) is 1. The van der Waals surface area contributed by atoms with Crippen molar-refractivity contribution >= 4 is 17.0 Å². The smallest absolute Gasteiger partial charge is 0.127 e. The van der Waals surface area contributed by atoms with E-state index in [0.717, 1.165) is 35.8 Å². The van der Waals surface area contributed by atoms with Crippen LogP contribution in [0.1, 0.15) is 25.7 Å². The molecule has 0 spiro atoms. The van der Waals surface area contributed by atoms with E-state index in [4.69, 9.17) is 10.5 Å². The molecule has 3 N–H and O–H groups in total. The summed E-state index contributed by atoms with van der Waals surface area (Å²) >= 11 is 0.